The molecule has 6 heteroatoms. The second-order valence-corrected chi connectivity index (χ2v) is 4.52. The standard InChI is InChI=1S/C12H9Cl2N3O/c1-7(18)2-3-11-15-12(17-16-11)8-4-9(13)6-10(14)5-8/h2-6H,1H3,(H,15,16,17)/b3-2-. The molecule has 0 saturated heterocycles. The second-order valence-electron chi connectivity index (χ2n) is 3.65. The Hall–Kier alpha value is -1.65. The number of allylic oxidation sites excluding steroid dienone is 1. The average molecular weight is 282 g/mol. The van der Waals surface area contributed by atoms with E-state index in [4.69, 9.17) is 23.2 Å². The molecule has 1 aromatic heterocycles. The van der Waals surface area contributed by atoms with Gasteiger partial charge < -0.3 is 0 Å². The van der Waals surface area contributed by atoms with Crippen LogP contribution in [-0.2, 0) is 4.79 Å². The van der Waals surface area contributed by atoms with Crippen molar-refractivity contribution in [1.29, 1.82) is 0 Å². The highest BCUT2D eigenvalue weighted by molar-refractivity contribution is 6.35. The first-order chi connectivity index (χ1) is 8.54. The Kier molecular flexibility index (Phi) is 3.79. The maximum absolute atomic E-state index is 10.8. The summed E-state index contributed by atoms with van der Waals surface area (Å²) in [6, 6.07) is 5.07. The summed E-state index contributed by atoms with van der Waals surface area (Å²) in [6.45, 7) is 1.46. The van der Waals surface area contributed by atoms with Crippen molar-refractivity contribution in [2.24, 2.45) is 0 Å². The number of hydrogen-bond donors (Lipinski definition) is 1. The van der Waals surface area contributed by atoms with Crippen LogP contribution >= 0.6 is 23.2 Å². The Bertz CT molecular complexity index is 599. The molecule has 2 aromatic rings. The summed E-state index contributed by atoms with van der Waals surface area (Å²) in [5.74, 6) is 0.914. The predicted octanol–water partition coefficient (Wildman–Crippen LogP) is 3.38. The molecule has 0 unspecified atom stereocenters. The van der Waals surface area contributed by atoms with Crippen molar-refractivity contribution in [2.45, 2.75) is 6.92 Å². The molecule has 0 radical (unpaired) electrons. The SMILES string of the molecule is CC(=O)/C=C\c1nc(-c2cc(Cl)cc(Cl)c2)n[nH]1. The van der Waals surface area contributed by atoms with E-state index < -0.39 is 0 Å². The number of nitrogens with one attached hydrogen (secondary N) is 1. The molecule has 0 atom stereocenters. The largest absolute Gasteiger partial charge is 0.295 e. The van der Waals surface area contributed by atoms with Crippen molar-refractivity contribution in [2.75, 3.05) is 0 Å². The highest BCUT2D eigenvalue weighted by atomic mass is 35.5. The minimum Gasteiger partial charge on any atom is -0.295 e. The van der Waals surface area contributed by atoms with Crippen LogP contribution in [0.2, 0.25) is 10.0 Å². The van der Waals surface area contributed by atoms with Crippen LogP contribution in [0, 0.1) is 0 Å². The van der Waals surface area contributed by atoms with Gasteiger partial charge in [0.05, 0.1) is 0 Å². The molecule has 1 N–H and O–H groups in total. The smallest absolute Gasteiger partial charge is 0.181 e. The summed E-state index contributed by atoms with van der Waals surface area (Å²) in [7, 11) is 0. The van der Waals surface area contributed by atoms with Crippen molar-refractivity contribution in [3.8, 4) is 11.4 Å². The molecular weight excluding hydrogens is 273 g/mol. The molecule has 0 saturated carbocycles. The minimum absolute atomic E-state index is 0.0567. The Morgan fingerprint density at radius 1 is 1.28 bits per heavy atom. The lowest BCUT2D eigenvalue weighted by Gasteiger charge is -1.97. The Morgan fingerprint density at radius 3 is 2.56 bits per heavy atom. The molecule has 0 fully saturated rings. The molecule has 0 spiro atoms. The maximum atomic E-state index is 10.8. The third kappa shape index (κ3) is 3.18. The average Bonchev–Trinajstić information content (AvgIpc) is 2.73. The number of aromatic nitrogens is 3. The molecule has 18 heavy (non-hydrogen) atoms. The molecule has 4 nitrogen and oxygen atoms in total. The van der Waals surface area contributed by atoms with E-state index in [9.17, 15) is 4.79 Å². The van der Waals surface area contributed by atoms with Gasteiger partial charge in [0, 0.05) is 15.6 Å². The number of carbonyl (C=O) groups is 1. The summed E-state index contributed by atoms with van der Waals surface area (Å²) in [5, 5.41) is 7.78. The topological polar surface area (TPSA) is 58.6 Å². The number of ketones is 1. The van der Waals surface area contributed by atoms with Gasteiger partial charge in [-0.1, -0.05) is 23.2 Å². The quantitative estimate of drug-likeness (QED) is 0.878. The van der Waals surface area contributed by atoms with E-state index in [0.29, 0.717) is 27.3 Å². The zero-order valence-electron chi connectivity index (χ0n) is 9.45. The minimum atomic E-state index is -0.0567. The fraction of sp³-hybridized carbons (Fsp3) is 0.0833. The number of nitrogens with zero attached hydrogens (tertiary/aromatic N) is 2. The monoisotopic (exact) mass is 281 g/mol. The van der Waals surface area contributed by atoms with Crippen molar-refractivity contribution in [1.82, 2.24) is 15.2 Å². The van der Waals surface area contributed by atoms with Gasteiger partial charge in [0.1, 0.15) is 5.82 Å². The van der Waals surface area contributed by atoms with E-state index in [1.807, 2.05) is 0 Å². The highest BCUT2D eigenvalue weighted by Crippen LogP contribution is 2.24. The van der Waals surface area contributed by atoms with E-state index in [0.717, 1.165) is 0 Å². The molecular formula is C12H9Cl2N3O. The molecule has 1 heterocycles. The van der Waals surface area contributed by atoms with Gasteiger partial charge in [0.2, 0.25) is 0 Å². The molecule has 0 aliphatic heterocycles. The molecule has 0 amide bonds. The van der Waals surface area contributed by atoms with Crippen LogP contribution in [0.5, 0.6) is 0 Å². The summed E-state index contributed by atoms with van der Waals surface area (Å²) in [4.78, 5) is 15.0. The number of rotatable bonds is 3. The van der Waals surface area contributed by atoms with Crippen LogP contribution in [0.15, 0.2) is 24.3 Å². The van der Waals surface area contributed by atoms with Crippen LogP contribution < -0.4 is 0 Å². The van der Waals surface area contributed by atoms with E-state index >= 15 is 0 Å². The third-order valence-electron chi connectivity index (χ3n) is 2.10. The van der Waals surface area contributed by atoms with E-state index in [1.165, 1.54) is 13.0 Å². The van der Waals surface area contributed by atoms with Crippen molar-refractivity contribution >= 4 is 35.1 Å². The van der Waals surface area contributed by atoms with Crippen LogP contribution in [0.25, 0.3) is 17.5 Å². The number of H-pyrrole nitrogens is 1. The number of benzene rings is 1. The predicted molar refractivity (Wildman–Crippen MR) is 71.6 cm³/mol. The Labute approximate surface area is 114 Å². The first-order valence-electron chi connectivity index (χ1n) is 5.12. The molecule has 1 aromatic carbocycles. The summed E-state index contributed by atoms with van der Waals surface area (Å²) >= 11 is 11.8. The number of carbonyl (C=O) groups excluding carboxylic acids is 1. The number of halogens is 2. The molecule has 0 aliphatic rings. The fourth-order valence-electron chi connectivity index (χ4n) is 1.36. The van der Waals surface area contributed by atoms with Crippen molar-refractivity contribution in [3.05, 3.63) is 40.1 Å². The van der Waals surface area contributed by atoms with E-state index in [1.54, 1.807) is 24.3 Å². The van der Waals surface area contributed by atoms with Gasteiger partial charge in [-0.05, 0) is 37.3 Å². The van der Waals surface area contributed by atoms with Crippen molar-refractivity contribution < 1.29 is 4.79 Å². The molecule has 0 aliphatic carbocycles. The highest BCUT2D eigenvalue weighted by Gasteiger charge is 2.06. The summed E-state index contributed by atoms with van der Waals surface area (Å²) in [6.07, 6.45) is 2.97. The molecule has 2 rings (SSSR count). The Morgan fingerprint density at radius 2 is 1.94 bits per heavy atom. The number of hydrogen-bond acceptors (Lipinski definition) is 3. The van der Waals surface area contributed by atoms with E-state index in [-0.39, 0.29) is 5.78 Å². The van der Waals surface area contributed by atoms with Gasteiger partial charge >= 0.3 is 0 Å². The van der Waals surface area contributed by atoms with Gasteiger partial charge in [-0.15, -0.1) is 0 Å². The third-order valence-corrected chi connectivity index (χ3v) is 2.54. The summed E-state index contributed by atoms with van der Waals surface area (Å²) < 4.78 is 0. The molecule has 92 valence electrons. The lowest BCUT2D eigenvalue weighted by Crippen LogP contribution is -1.82. The normalized spacial score (nSPS) is 11.1. The van der Waals surface area contributed by atoms with Gasteiger partial charge in [0.25, 0.3) is 0 Å². The van der Waals surface area contributed by atoms with Gasteiger partial charge in [-0.25, -0.2) is 4.98 Å². The molecule has 0 bridgehead atoms. The zero-order chi connectivity index (χ0) is 13.1. The van der Waals surface area contributed by atoms with E-state index in [2.05, 4.69) is 15.2 Å². The fourth-order valence-corrected chi connectivity index (χ4v) is 1.88. The Balaban J connectivity index is 2.32. The summed E-state index contributed by atoms with van der Waals surface area (Å²) in [5.41, 5.74) is 0.714. The lowest BCUT2D eigenvalue weighted by atomic mass is 10.2. The van der Waals surface area contributed by atoms with Crippen LogP contribution in [0.4, 0.5) is 0 Å². The van der Waals surface area contributed by atoms with Gasteiger partial charge in [-0.3, -0.25) is 9.89 Å². The van der Waals surface area contributed by atoms with Crippen LogP contribution in [-0.4, -0.2) is 21.0 Å². The first-order valence-corrected chi connectivity index (χ1v) is 5.88. The lowest BCUT2D eigenvalue weighted by molar-refractivity contribution is -0.112. The van der Waals surface area contributed by atoms with Crippen LogP contribution in [0.3, 0.4) is 0 Å². The zero-order valence-corrected chi connectivity index (χ0v) is 11.0. The van der Waals surface area contributed by atoms with Gasteiger partial charge in [-0.2, -0.15) is 5.10 Å². The van der Waals surface area contributed by atoms with Crippen molar-refractivity contribution in [3.63, 3.8) is 0 Å². The van der Waals surface area contributed by atoms with Gasteiger partial charge in [0.15, 0.2) is 11.6 Å². The number of aromatic amines is 1. The van der Waals surface area contributed by atoms with Crippen LogP contribution in [0.1, 0.15) is 12.7 Å². The second kappa shape index (κ2) is 5.33. The maximum Gasteiger partial charge on any atom is 0.181 e. The first kappa shape index (κ1) is 12.8.